The zero-order valence-electron chi connectivity index (χ0n) is 11.8. The average molecular weight is 262 g/mol. The summed E-state index contributed by atoms with van der Waals surface area (Å²) in [6.45, 7) is 4.21. The summed E-state index contributed by atoms with van der Waals surface area (Å²) in [5, 5.41) is 2.30. The van der Waals surface area contributed by atoms with Gasteiger partial charge in [-0.15, -0.1) is 0 Å². The van der Waals surface area contributed by atoms with E-state index in [-0.39, 0.29) is 6.04 Å². The number of fused-ring (bicyclic) bond motifs is 1. The fourth-order valence-electron chi connectivity index (χ4n) is 2.78. The summed E-state index contributed by atoms with van der Waals surface area (Å²) in [5.41, 5.74) is 11.3. The number of aromatic nitrogens is 1. The van der Waals surface area contributed by atoms with Crippen molar-refractivity contribution in [2.75, 3.05) is 0 Å². The SMILES string of the molecule is Cc1cc(C)cc(C(N)c2cccc3ccncc23)c1. The molecule has 1 heterocycles. The minimum atomic E-state index is -0.124. The van der Waals surface area contributed by atoms with Gasteiger partial charge in [-0.2, -0.15) is 0 Å². The summed E-state index contributed by atoms with van der Waals surface area (Å²) >= 11 is 0. The van der Waals surface area contributed by atoms with E-state index in [1.54, 1.807) is 0 Å². The van der Waals surface area contributed by atoms with Gasteiger partial charge in [0.25, 0.3) is 0 Å². The van der Waals surface area contributed by atoms with Gasteiger partial charge >= 0.3 is 0 Å². The lowest BCUT2D eigenvalue weighted by Crippen LogP contribution is -2.12. The van der Waals surface area contributed by atoms with E-state index >= 15 is 0 Å². The van der Waals surface area contributed by atoms with Crippen LogP contribution in [0.5, 0.6) is 0 Å². The number of pyridine rings is 1. The Morgan fingerprint density at radius 2 is 1.75 bits per heavy atom. The van der Waals surface area contributed by atoms with Gasteiger partial charge in [-0.3, -0.25) is 4.98 Å². The van der Waals surface area contributed by atoms with Crippen LogP contribution in [0.2, 0.25) is 0 Å². The maximum absolute atomic E-state index is 6.49. The second-order valence-electron chi connectivity index (χ2n) is 5.34. The lowest BCUT2D eigenvalue weighted by atomic mass is 9.93. The van der Waals surface area contributed by atoms with E-state index in [9.17, 15) is 0 Å². The van der Waals surface area contributed by atoms with Crippen LogP contribution in [0, 0.1) is 13.8 Å². The molecule has 3 rings (SSSR count). The Kier molecular flexibility index (Phi) is 3.25. The third-order valence-corrected chi connectivity index (χ3v) is 3.66. The maximum Gasteiger partial charge on any atom is 0.0558 e. The molecule has 0 aliphatic carbocycles. The summed E-state index contributed by atoms with van der Waals surface area (Å²) in [5.74, 6) is 0. The first-order valence-electron chi connectivity index (χ1n) is 6.81. The van der Waals surface area contributed by atoms with Crippen molar-refractivity contribution < 1.29 is 0 Å². The molecule has 2 heteroatoms. The van der Waals surface area contributed by atoms with Crippen LogP contribution >= 0.6 is 0 Å². The van der Waals surface area contributed by atoms with Gasteiger partial charge < -0.3 is 5.73 Å². The summed E-state index contributed by atoms with van der Waals surface area (Å²) in [7, 11) is 0. The number of nitrogens with zero attached hydrogens (tertiary/aromatic N) is 1. The van der Waals surface area contributed by atoms with Gasteiger partial charge in [0.15, 0.2) is 0 Å². The van der Waals surface area contributed by atoms with Crippen molar-refractivity contribution in [1.29, 1.82) is 0 Å². The molecule has 2 N–H and O–H groups in total. The molecule has 2 aromatic carbocycles. The molecule has 1 unspecified atom stereocenters. The monoisotopic (exact) mass is 262 g/mol. The normalized spacial score (nSPS) is 12.6. The molecular formula is C18H18N2. The second-order valence-corrected chi connectivity index (χ2v) is 5.34. The molecule has 0 saturated carbocycles. The first-order chi connectivity index (χ1) is 9.65. The highest BCUT2D eigenvalue weighted by atomic mass is 14.6. The van der Waals surface area contributed by atoms with Crippen molar-refractivity contribution in [3.63, 3.8) is 0 Å². The van der Waals surface area contributed by atoms with Gasteiger partial charge in [0.2, 0.25) is 0 Å². The molecule has 0 fully saturated rings. The van der Waals surface area contributed by atoms with Gasteiger partial charge in [-0.1, -0.05) is 47.5 Å². The zero-order chi connectivity index (χ0) is 14.1. The van der Waals surface area contributed by atoms with Crippen LogP contribution in [0.15, 0.2) is 54.9 Å². The Hall–Kier alpha value is -2.19. The quantitative estimate of drug-likeness (QED) is 0.760. The highest BCUT2D eigenvalue weighted by Crippen LogP contribution is 2.27. The Balaban J connectivity index is 2.15. The summed E-state index contributed by atoms with van der Waals surface area (Å²) in [6, 6.07) is 14.6. The molecule has 0 radical (unpaired) electrons. The number of benzene rings is 2. The van der Waals surface area contributed by atoms with Gasteiger partial charge in [0.1, 0.15) is 0 Å². The Morgan fingerprint density at radius 3 is 2.50 bits per heavy atom. The molecule has 0 amide bonds. The Morgan fingerprint density at radius 1 is 1.00 bits per heavy atom. The van der Waals surface area contributed by atoms with Crippen molar-refractivity contribution in [3.8, 4) is 0 Å². The molecule has 0 aliphatic rings. The van der Waals surface area contributed by atoms with Crippen molar-refractivity contribution in [1.82, 2.24) is 4.98 Å². The minimum absolute atomic E-state index is 0.124. The molecular weight excluding hydrogens is 244 g/mol. The molecule has 0 saturated heterocycles. The standard InChI is InChI=1S/C18H18N2/c1-12-8-13(2)10-15(9-12)18(19)16-5-3-4-14-6-7-20-11-17(14)16/h3-11,18H,19H2,1-2H3. The van der Waals surface area contributed by atoms with Crippen LogP contribution in [0.3, 0.4) is 0 Å². The fourth-order valence-corrected chi connectivity index (χ4v) is 2.78. The van der Waals surface area contributed by atoms with E-state index in [4.69, 9.17) is 5.73 Å². The van der Waals surface area contributed by atoms with E-state index < -0.39 is 0 Å². The van der Waals surface area contributed by atoms with Crippen LogP contribution in [0.4, 0.5) is 0 Å². The minimum Gasteiger partial charge on any atom is -0.320 e. The van der Waals surface area contributed by atoms with Crippen molar-refractivity contribution in [2.45, 2.75) is 19.9 Å². The van der Waals surface area contributed by atoms with Crippen molar-refractivity contribution in [2.24, 2.45) is 5.73 Å². The van der Waals surface area contributed by atoms with E-state index in [1.807, 2.05) is 18.5 Å². The number of nitrogens with two attached hydrogens (primary N) is 1. The second kappa shape index (κ2) is 5.06. The lowest BCUT2D eigenvalue weighted by molar-refractivity contribution is 0.876. The summed E-state index contributed by atoms with van der Waals surface area (Å²) in [6.07, 6.45) is 3.71. The van der Waals surface area contributed by atoms with Gasteiger partial charge in [-0.25, -0.2) is 0 Å². The molecule has 100 valence electrons. The zero-order valence-corrected chi connectivity index (χ0v) is 11.8. The third-order valence-electron chi connectivity index (χ3n) is 3.66. The van der Waals surface area contributed by atoms with Gasteiger partial charge in [0, 0.05) is 17.8 Å². The number of hydrogen-bond donors (Lipinski definition) is 1. The fraction of sp³-hybridized carbons (Fsp3) is 0.167. The molecule has 2 nitrogen and oxygen atoms in total. The van der Waals surface area contributed by atoms with Crippen LogP contribution in [-0.2, 0) is 0 Å². The van der Waals surface area contributed by atoms with Crippen LogP contribution in [-0.4, -0.2) is 4.98 Å². The molecule has 1 aromatic heterocycles. The Bertz CT molecular complexity index is 737. The third kappa shape index (κ3) is 2.30. The van der Waals surface area contributed by atoms with E-state index in [2.05, 4.69) is 55.2 Å². The predicted octanol–water partition coefficient (Wildman–Crippen LogP) is 3.90. The Labute approximate surface area is 119 Å². The summed E-state index contributed by atoms with van der Waals surface area (Å²) in [4.78, 5) is 4.23. The highest BCUT2D eigenvalue weighted by Gasteiger charge is 2.12. The van der Waals surface area contributed by atoms with E-state index in [0.29, 0.717) is 0 Å². The molecule has 3 aromatic rings. The molecule has 0 spiro atoms. The number of aryl methyl sites for hydroxylation is 2. The maximum atomic E-state index is 6.49. The first-order valence-corrected chi connectivity index (χ1v) is 6.81. The lowest BCUT2D eigenvalue weighted by Gasteiger charge is -2.16. The van der Waals surface area contributed by atoms with Crippen molar-refractivity contribution in [3.05, 3.63) is 77.1 Å². The topological polar surface area (TPSA) is 38.9 Å². The van der Waals surface area contributed by atoms with Crippen LogP contribution in [0.1, 0.15) is 28.3 Å². The highest BCUT2D eigenvalue weighted by molar-refractivity contribution is 5.85. The summed E-state index contributed by atoms with van der Waals surface area (Å²) < 4.78 is 0. The van der Waals surface area contributed by atoms with Gasteiger partial charge in [0.05, 0.1) is 6.04 Å². The molecule has 20 heavy (non-hydrogen) atoms. The average Bonchev–Trinajstić information content (AvgIpc) is 2.45. The molecule has 1 atom stereocenters. The van der Waals surface area contributed by atoms with E-state index in [1.165, 1.54) is 16.5 Å². The number of rotatable bonds is 2. The first kappa shape index (κ1) is 12.8. The number of hydrogen-bond acceptors (Lipinski definition) is 2. The molecule has 0 bridgehead atoms. The van der Waals surface area contributed by atoms with Crippen molar-refractivity contribution >= 4 is 10.8 Å². The largest absolute Gasteiger partial charge is 0.320 e. The van der Waals surface area contributed by atoms with Gasteiger partial charge in [-0.05, 0) is 36.4 Å². The van der Waals surface area contributed by atoms with E-state index in [0.717, 1.165) is 16.5 Å². The smallest absolute Gasteiger partial charge is 0.0558 e. The van der Waals surface area contributed by atoms with Crippen LogP contribution in [0.25, 0.3) is 10.8 Å². The van der Waals surface area contributed by atoms with Crippen LogP contribution < -0.4 is 5.73 Å². The molecule has 0 aliphatic heterocycles. The predicted molar refractivity (Wildman–Crippen MR) is 83.7 cm³/mol.